The van der Waals surface area contributed by atoms with E-state index < -0.39 is 0 Å². The maximum Gasteiger partial charge on any atom is 0.308 e. The Bertz CT molecular complexity index is 218. The quantitative estimate of drug-likeness (QED) is 0.633. The van der Waals surface area contributed by atoms with Gasteiger partial charge < -0.3 is 9.47 Å². The van der Waals surface area contributed by atoms with Crippen molar-refractivity contribution in [3.8, 4) is 0 Å². The molecule has 0 spiro atoms. The second kappa shape index (κ2) is 5.10. The zero-order chi connectivity index (χ0) is 10.6. The minimum Gasteiger partial charge on any atom is -0.469 e. The number of rotatable bonds is 4. The molecule has 0 saturated carbocycles. The lowest BCUT2D eigenvalue weighted by atomic mass is 10.0. The van der Waals surface area contributed by atoms with Crippen molar-refractivity contribution in [3.05, 3.63) is 0 Å². The number of hydrogen-bond acceptors (Lipinski definition) is 4. The van der Waals surface area contributed by atoms with Gasteiger partial charge in [0.05, 0.1) is 13.0 Å². The van der Waals surface area contributed by atoms with E-state index in [4.69, 9.17) is 4.74 Å². The molecule has 0 aromatic heterocycles. The molecule has 2 unspecified atom stereocenters. The summed E-state index contributed by atoms with van der Waals surface area (Å²) < 4.78 is 9.77. The van der Waals surface area contributed by atoms with Crippen LogP contribution in [0.3, 0.4) is 0 Å². The van der Waals surface area contributed by atoms with E-state index in [-0.39, 0.29) is 30.2 Å². The highest BCUT2D eigenvalue weighted by Gasteiger charge is 2.26. The van der Waals surface area contributed by atoms with E-state index in [1.165, 1.54) is 7.11 Å². The highest BCUT2D eigenvalue weighted by molar-refractivity contribution is 5.87. The summed E-state index contributed by atoms with van der Waals surface area (Å²) in [5.41, 5.74) is 0. The third kappa shape index (κ3) is 2.80. The molecule has 14 heavy (non-hydrogen) atoms. The van der Waals surface area contributed by atoms with Crippen LogP contribution in [0.15, 0.2) is 0 Å². The van der Waals surface area contributed by atoms with E-state index in [0.717, 1.165) is 12.8 Å². The Morgan fingerprint density at radius 1 is 1.57 bits per heavy atom. The maximum absolute atomic E-state index is 11.5. The van der Waals surface area contributed by atoms with Crippen LogP contribution in [0.4, 0.5) is 0 Å². The van der Waals surface area contributed by atoms with Crippen molar-refractivity contribution >= 4 is 11.8 Å². The largest absolute Gasteiger partial charge is 0.469 e. The first-order valence-corrected chi connectivity index (χ1v) is 4.87. The van der Waals surface area contributed by atoms with Crippen LogP contribution >= 0.6 is 0 Å². The highest BCUT2D eigenvalue weighted by atomic mass is 16.5. The van der Waals surface area contributed by atoms with E-state index >= 15 is 0 Å². The van der Waals surface area contributed by atoms with Crippen molar-refractivity contribution in [2.24, 2.45) is 5.92 Å². The van der Waals surface area contributed by atoms with E-state index in [1.54, 1.807) is 6.92 Å². The number of ether oxygens (including phenoxy) is 2. The molecule has 0 bridgehead atoms. The van der Waals surface area contributed by atoms with Crippen molar-refractivity contribution in [3.63, 3.8) is 0 Å². The molecule has 4 nitrogen and oxygen atoms in total. The zero-order valence-corrected chi connectivity index (χ0v) is 8.62. The molecule has 0 amide bonds. The normalized spacial score (nSPS) is 23.1. The van der Waals surface area contributed by atoms with Gasteiger partial charge in [-0.3, -0.25) is 9.59 Å². The minimum atomic E-state index is -0.364. The second-order valence-corrected chi connectivity index (χ2v) is 3.60. The van der Waals surface area contributed by atoms with Gasteiger partial charge in [0.15, 0.2) is 5.78 Å². The Kier molecular flexibility index (Phi) is 4.07. The molecule has 0 N–H and O–H groups in total. The summed E-state index contributed by atoms with van der Waals surface area (Å²) in [7, 11) is 1.33. The van der Waals surface area contributed by atoms with Gasteiger partial charge in [-0.25, -0.2) is 0 Å². The molecule has 0 radical (unpaired) electrons. The van der Waals surface area contributed by atoms with E-state index in [0.29, 0.717) is 6.61 Å². The van der Waals surface area contributed by atoms with Crippen LogP contribution in [0.5, 0.6) is 0 Å². The summed E-state index contributed by atoms with van der Waals surface area (Å²) in [6.45, 7) is 2.35. The Labute approximate surface area is 83.6 Å². The van der Waals surface area contributed by atoms with Gasteiger partial charge in [0.1, 0.15) is 6.10 Å². The standard InChI is InChI=1S/C10H16O4/c1-7(10(12)13-2)6-8(11)9-4-3-5-14-9/h7,9H,3-6H2,1-2H3. The molecule has 1 rings (SSSR count). The molecule has 1 saturated heterocycles. The predicted octanol–water partition coefficient (Wildman–Crippen LogP) is 0.934. The van der Waals surface area contributed by atoms with Gasteiger partial charge in [-0.05, 0) is 12.8 Å². The van der Waals surface area contributed by atoms with Gasteiger partial charge in [-0.15, -0.1) is 0 Å². The molecule has 4 heteroatoms. The number of methoxy groups -OCH3 is 1. The topological polar surface area (TPSA) is 52.6 Å². The van der Waals surface area contributed by atoms with E-state index in [9.17, 15) is 9.59 Å². The molecule has 0 aliphatic carbocycles. The molecule has 80 valence electrons. The van der Waals surface area contributed by atoms with Crippen molar-refractivity contribution in [1.82, 2.24) is 0 Å². The SMILES string of the molecule is COC(=O)C(C)CC(=O)C1CCCO1. The molecular formula is C10H16O4. The zero-order valence-electron chi connectivity index (χ0n) is 8.62. The van der Waals surface area contributed by atoms with Crippen LogP contribution in [0.2, 0.25) is 0 Å². The molecule has 1 fully saturated rings. The summed E-state index contributed by atoms with van der Waals surface area (Å²) >= 11 is 0. The number of Topliss-reactive ketones (excluding diaryl/α,β-unsaturated/α-hetero) is 1. The molecule has 1 aliphatic rings. The molecule has 2 atom stereocenters. The van der Waals surface area contributed by atoms with Gasteiger partial charge in [-0.1, -0.05) is 6.92 Å². The summed E-state index contributed by atoms with van der Waals surface area (Å²) in [6.07, 6.45) is 1.65. The average molecular weight is 200 g/mol. The first-order chi connectivity index (χ1) is 6.65. The molecular weight excluding hydrogens is 184 g/mol. The van der Waals surface area contributed by atoms with Gasteiger partial charge in [0, 0.05) is 13.0 Å². The fraction of sp³-hybridized carbons (Fsp3) is 0.800. The lowest BCUT2D eigenvalue weighted by Gasteiger charge is -2.11. The maximum atomic E-state index is 11.5. The minimum absolute atomic E-state index is 0.0143. The molecule has 0 aromatic carbocycles. The number of carbonyl (C=O) groups excluding carboxylic acids is 2. The number of esters is 1. The second-order valence-electron chi connectivity index (χ2n) is 3.60. The molecule has 1 aliphatic heterocycles. The average Bonchev–Trinajstić information content (AvgIpc) is 2.69. The van der Waals surface area contributed by atoms with Crippen LogP contribution < -0.4 is 0 Å². The van der Waals surface area contributed by atoms with Crippen LogP contribution in [0.1, 0.15) is 26.2 Å². The van der Waals surface area contributed by atoms with Gasteiger partial charge in [0.25, 0.3) is 0 Å². The summed E-state index contributed by atoms with van der Waals surface area (Å²) in [5.74, 6) is -0.687. The summed E-state index contributed by atoms with van der Waals surface area (Å²) in [4.78, 5) is 22.6. The van der Waals surface area contributed by atoms with Crippen molar-refractivity contribution in [1.29, 1.82) is 0 Å². The van der Waals surface area contributed by atoms with Gasteiger partial charge in [-0.2, -0.15) is 0 Å². The third-order valence-electron chi connectivity index (χ3n) is 2.40. The van der Waals surface area contributed by atoms with E-state index in [2.05, 4.69) is 4.74 Å². The Morgan fingerprint density at radius 2 is 2.29 bits per heavy atom. The van der Waals surface area contributed by atoms with Gasteiger partial charge in [0.2, 0.25) is 0 Å². The van der Waals surface area contributed by atoms with Crippen molar-refractivity contribution in [2.75, 3.05) is 13.7 Å². The first kappa shape index (κ1) is 11.2. The van der Waals surface area contributed by atoms with Crippen LogP contribution in [0, 0.1) is 5.92 Å². The Hall–Kier alpha value is -0.900. The Balaban J connectivity index is 2.35. The third-order valence-corrected chi connectivity index (χ3v) is 2.40. The number of hydrogen-bond donors (Lipinski definition) is 0. The lowest BCUT2D eigenvalue weighted by molar-refractivity contribution is -0.147. The van der Waals surface area contributed by atoms with Gasteiger partial charge >= 0.3 is 5.97 Å². The predicted molar refractivity (Wildman–Crippen MR) is 49.8 cm³/mol. The lowest BCUT2D eigenvalue weighted by Crippen LogP contribution is -2.25. The summed E-state index contributed by atoms with van der Waals surface area (Å²) in [6, 6.07) is 0. The fourth-order valence-electron chi connectivity index (χ4n) is 1.55. The monoisotopic (exact) mass is 200 g/mol. The highest BCUT2D eigenvalue weighted by Crippen LogP contribution is 2.17. The molecule has 1 heterocycles. The van der Waals surface area contributed by atoms with E-state index in [1.807, 2.05) is 0 Å². The number of ketones is 1. The Morgan fingerprint density at radius 3 is 2.79 bits per heavy atom. The van der Waals surface area contributed by atoms with Crippen LogP contribution in [0.25, 0.3) is 0 Å². The van der Waals surface area contributed by atoms with Crippen molar-refractivity contribution in [2.45, 2.75) is 32.3 Å². The number of carbonyl (C=O) groups is 2. The fourth-order valence-corrected chi connectivity index (χ4v) is 1.55. The van der Waals surface area contributed by atoms with Crippen molar-refractivity contribution < 1.29 is 19.1 Å². The molecule has 0 aromatic rings. The van der Waals surface area contributed by atoms with Crippen LogP contribution in [-0.2, 0) is 19.1 Å². The first-order valence-electron chi connectivity index (χ1n) is 4.87. The van der Waals surface area contributed by atoms with Crippen LogP contribution in [-0.4, -0.2) is 31.6 Å². The smallest absolute Gasteiger partial charge is 0.308 e. The summed E-state index contributed by atoms with van der Waals surface area (Å²) in [5, 5.41) is 0.